The molecule has 0 bridgehead atoms. The summed E-state index contributed by atoms with van der Waals surface area (Å²) in [6.07, 6.45) is 0. The van der Waals surface area contributed by atoms with Crippen LogP contribution >= 0.6 is 0 Å². The minimum Gasteiger partial charge on any atom is -0.394 e. The van der Waals surface area contributed by atoms with Crippen molar-refractivity contribution in [1.82, 2.24) is 10.2 Å². The average molecular weight is 232 g/mol. The largest absolute Gasteiger partial charge is 0.394 e. The van der Waals surface area contributed by atoms with Crippen molar-refractivity contribution in [2.24, 2.45) is 0 Å². The summed E-state index contributed by atoms with van der Waals surface area (Å²) in [5.74, 6) is 0.0810. The summed E-state index contributed by atoms with van der Waals surface area (Å²) in [4.78, 5) is 13.1. The van der Waals surface area contributed by atoms with Crippen LogP contribution in [0.15, 0.2) is 0 Å². The molecule has 1 saturated heterocycles. The van der Waals surface area contributed by atoms with Crippen LogP contribution in [-0.2, 0) is 14.3 Å². The summed E-state index contributed by atoms with van der Waals surface area (Å²) in [7, 11) is 0. The van der Waals surface area contributed by atoms with Crippen molar-refractivity contribution in [2.75, 3.05) is 59.2 Å². The molecular weight excluding hydrogens is 212 g/mol. The molecule has 1 heterocycles. The smallest absolute Gasteiger partial charge is 0.234 e. The van der Waals surface area contributed by atoms with Gasteiger partial charge in [0.1, 0.15) is 0 Å². The van der Waals surface area contributed by atoms with Gasteiger partial charge >= 0.3 is 0 Å². The van der Waals surface area contributed by atoms with Crippen LogP contribution in [0, 0.1) is 0 Å². The number of rotatable bonds is 8. The van der Waals surface area contributed by atoms with E-state index in [1.165, 1.54) is 0 Å². The first-order chi connectivity index (χ1) is 7.83. The molecule has 0 atom stereocenters. The van der Waals surface area contributed by atoms with Gasteiger partial charge in [-0.3, -0.25) is 9.69 Å². The fourth-order valence-corrected chi connectivity index (χ4v) is 1.46. The molecular formula is C10H20N2O4. The molecule has 0 aromatic heterocycles. The molecule has 1 rings (SSSR count). The van der Waals surface area contributed by atoms with E-state index >= 15 is 0 Å². The number of nitrogens with zero attached hydrogens (tertiary/aromatic N) is 1. The molecule has 0 saturated carbocycles. The Hall–Kier alpha value is -0.690. The third-order valence-corrected chi connectivity index (χ3v) is 2.28. The maximum atomic E-state index is 11.0. The van der Waals surface area contributed by atoms with E-state index in [4.69, 9.17) is 14.6 Å². The van der Waals surface area contributed by atoms with E-state index in [0.717, 1.165) is 19.6 Å². The topological polar surface area (TPSA) is 71.0 Å². The molecule has 1 fully saturated rings. The Balaban J connectivity index is 1.88. The fraction of sp³-hybridized carbons (Fsp3) is 0.900. The highest BCUT2D eigenvalue weighted by molar-refractivity contribution is 5.78. The van der Waals surface area contributed by atoms with Gasteiger partial charge in [0.05, 0.1) is 39.6 Å². The van der Waals surface area contributed by atoms with Crippen molar-refractivity contribution in [3.63, 3.8) is 0 Å². The van der Waals surface area contributed by atoms with Crippen molar-refractivity contribution < 1.29 is 19.4 Å². The lowest BCUT2D eigenvalue weighted by atomic mass is 10.3. The Morgan fingerprint density at radius 2 is 2.00 bits per heavy atom. The number of carbonyl (C=O) groups is 1. The van der Waals surface area contributed by atoms with Crippen LogP contribution in [0.5, 0.6) is 0 Å². The number of hydrogen-bond acceptors (Lipinski definition) is 5. The van der Waals surface area contributed by atoms with Gasteiger partial charge in [0, 0.05) is 19.6 Å². The van der Waals surface area contributed by atoms with E-state index in [2.05, 4.69) is 10.2 Å². The molecule has 0 unspecified atom stereocenters. The molecule has 16 heavy (non-hydrogen) atoms. The summed E-state index contributed by atoms with van der Waals surface area (Å²) in [5, 5.41) is 11.2. The predicted octanol–water partition coefficient (Wildman–Crippen LogP) is -1.56. The average Bonchev–Trinajstić information content (AvgIpc) is 2.28. The van der Waals surface area contributed by atoms with Gasteiger partial charge < -0.3 is 19.9 Å². The quantitative estimate of drug-likeness (QED) is 0.495. The third kappa shape index (κ3) is 6.02. The number of hydrogen-bond donors (Lipinski definition) is 2. The minimum atomic E-state index is 0.0445. The minimum absolute atomic E-state index is 0.0445. The highest BCUT2D eigenvalue weighted by atomic mass is 16.5. The van der Waals surface area contributed by atoms with Crippen LogP contribution in [0.2, 0.25) is 0 Å². The zero-order valence-electron chi connectivity index (χ0n) is 9.48. The molecule has 1 amide bonds. The summed E-state index contributed by atoms with van der Waals surface area (Å²) in [6.45, 7) is 4.88. The number of aliphatic hydroxyl groups is 1. The van der Waals surface area contributed by atoms with Crippen molar-refractivity contribution in [2.45, 2.75) is 0 Å². The Bertz CT molecular complexity index is 201. The Kier molecular flexibility index (Phi) is 7.07. The van der Waals surface area contributed by atoms with Crippen LogP contribution in [0.3, 0.4) is 0 Å². The SMILES string of the molecule is O=C1CN(CCOCCOCCO)CCN1. The molecule has 1 aliphatic rings. The normalized spacial score (nSPS) is 17.4. The second-order valence-corrected chi connectivity index (χ2v) is 3.57. The lowest BCUT2D eigenvalue weighted by Crippen LogP contribution is -2.48. The van der Waals surface area contributed by atoms with Gasteiger partial charge in [-0.15, -0.1) is 0 Å². The van der Waals surface area contributed by atoms with Crippen molar-refractivity contribution in [3.05, 3.63) is 0 Å². The van der Waals surface area contributed by atoms with Gasteiger partial charge in [-0.25, -0.2) is 0 Å². The van der Waals surface area contributed by atoms with Crippen LogP contribution < -0.4 is 5.32 Å². The first-order valence-electron chi connectivity index (χ1n) is 5.58. The van der Waals surface area contributed by atoms with Crippen LogP contribution in [-0.4, -0.2) is 75.1 Å². The number of carbonyl (C=O) groups excluding carboxylic acids is 1. The molecule has 94 valence electrons. The molecule has 6 heteroatoms. The number of nitrogens with one attached hydrogen (secondary N) is 1. The first-order valence-corrected chi connectivity index (χ1v) is 5.58. The predicted molar refractivity (Wildman–Crippen MR) is 58.2 cm³/mol. The summed E-state index contributed by atoms with van der Waals surface area (Å²) in [5.41, 5.74) is 0. The van der Waals surface area contributed by atoms with Gasteiger partial charge in [0.15, 0.2) is 0 Å². The molecule has 6 nitrogen and oxygen atoms in total. The lowest BCUT2D eigenvalue weighted by molar-refractivity contribution is -0.124. The maximum Gasteiger partial charge on any atom is 0.234 e. The molecule has 2 N–H and O–H groups in total. The second kappa shape index (κ2) is 8.46. The Morgan fingerprint density at radius 1 is 1.25 bits per heavy atom. The van der Waals surface area contributed by atoms with Gasteiger partial charge in [0.2, 0.25) is 5.91 Å². The van der Waals surface area contributed by atoms with Crippen LogP contribution in [0.25, 0.3) is 0 Å². The Labute approximate surface area is 95.5 Å². The van der Waals surface area contributed by atoms with Crippen LogP contribution in [0.4, 0.5) is 0 Å². The molecule has 1 aliphatic heterocycles. The van der Waals surface area contributed by atoms with E-state index < -0.39 is 0 Å². The van der Waals surface area contributed by atoms with Gasteiger partial charge in [-0.2, -0.15) is 0 Å². The van der Waals surface area contributed by atoms with Gasteiger partial charge in [0.25, 0.3) is 0 Å². The summed E-state index contributed by atoms with van der Waals surface area (Å²) in [6, 6.07) is 0. The zero-order valence-corrected chi connectivity index (χ0v) is 9.48. The van der Waals surface area contributed by atoms with E-state index in [1.807, 2.05) is 0 Å². The molecule has 0 spiro atoms. The number of aliphatic hydroxyl groups excluding tert-OH is 1. The molecule has 0 aromatic carbocycles. The number of piperazine rings is 1. The van der Waals surface area contributed by atoms with Gasteiger partial charge in [-0.1, -0.05) is 0 Å². The van der Waals surface area contributed by atoms with Crippen molar-refractivity contribution in [3.8, 4) is 0 Å². The summed E-state index contributed by atoms with van der Waals surface area (Å²) < 4.78 is 10.4. The van der Waals surface area contributed by atoms with E-state index in [-0.39, 0.29) is 12.5 Å². The number of amides is 1. The van der Waals surface area contributed by atoms with Crippen LogP contribution in [0.1, 0.15) is 0 Å². The number of ether oxygens (including phenoxy) is 2. The van der Waals surface area contributed by atoms with Crippen molar-refractivity contribution >= 4 is 5.91 Å². The zero-order chi connectivity index (χ0) is 11.6. The first kappa shape index (κ1) is 13.4. The van der Waals surface area contributed by atoms with Gasteiger partial charge in [-0.05, 0) is 0 Å². The highest BCUT2D eigenvalue weighted by Gasteiger charge is 2.14. The summed E-state index contributed by atoms with van der Waals surface area (Å²) >= 11 is 0. The van der Waals surface area contributed by atoms with E-state index in [9.17, 15) is 4.79 Å². The molecule has 0 aromatic rings. The Morgan fingerprint density at radius 3 is 2.69 bits per heavy atom. The molecule has 0 radical (unpaired) electrons. The van der Waals surface area contributed by atoms with E-state index in [1.54, 1.807) is 0 Å². The molecule has 0 aliphatic carbocycles. The maximum absolute atomic E-state index is 11.0. The monoisotopic (exact) mass is 232 g/mol. The second-order valence-electron chi connectivity index (χ2n) is 3.57. The van der Waals surface area contributed by atoms with E-state index in [0.29, 0.717) is 33.0 Å². The highest BCUT2D eigenvalue weighted by Crippen LogP contribution is 1.92. The lowest BCUT2D eigenvalue weighted by Gasteiger charge is -2.26. The third-order valence-electron chi connectivity index (χ3n) is 2.28. The standard InChI is InChI=1S/C10H20N2O4/c13-4-6-16-8-7-15-5-3-12-2-1-11-10(14)9-12/h13H,1-9H2,(H,11,14). The van der Waals surface area contributed by atoms with Crippen molar-refractivity contribution in [1.29, 1.82) is 0 Å². The fourth-order valence-electron chi connectivity index (χ4n) is 1.46.